The number of rotatable bonds is 2. The van der Waals surface area contributed by atoms with E-state index in [1.54, 1.807) is 0 Å². The maximum atomic E-state index is 5.87. The molecule has 0 spiro atoms. The van der Waals surface area contributed by atoms with Crippen molar-refractivity contribution in [2.45, 2.75) is 19.9 Å². The summed E-state index contributed by atoms with van der Waals surface area (Å²) in [5.41, 5.74) is 6.26. The molecule has 1 aliphatic rings. The van der Waals surface area contributed by atoms with Crippen LogP contribution in [-0.2, 0) is 0 Å². The molecule has 1 aliphatic carbocycles. The lowest BCUT2D eigenvalue weighted by Crippen LogP contribution is -2.18. The van der Waals surface area contributed by atoms with E-state index >= 15 is 0 Å². The second-order valence-corrected chi connectivity index (χ2v) is 4.22. The molecule has 2 nitrogen and oxygen atoms in total. The predicted octanol–water partition coefficient (Wildman–Crippen LogP) is 0.531. The van der Waals surface area contributed by atoms with Gasteiger partial charge in [-0.05, 0) is 25.4 Å². The molecule has 0 bridgehead atoms. The molecule has 2 N–H and O–H groups in total. The average molecular weight is 142 g/mol. The van der Waals surface area contributed by atoms with Gasteiger partial charge in [0, 0.05) is 12.6 Å². The van der Waals surface area contributed by atoms with Gasteiger partial charge < -0.3 is 10.6 Å². The number of hydrogen-bond acceptors (Lipinski definition) is 2. The molecule has 0 saturated heterocycles. The quantitative estimate of drug-likeness (QED) is 0.609. The lowest BCUT2D eigenvalue weighted by atomic mass is 10.1. The summed E-state index contributed by atoms with van der Waals surface area (Å²) in [6, 6.07) is 0.426. The monoisotopic (exact) mass is 142 g/mol. The van der Waals surface area contributed by atoms with Crippen molar-refractivity contribution in [1.29, 1.82) is 0 Å². The maximum absolute atomic E-state index is 5.87. The summed E-state index contributed by atoms with van der Waals surface area (Å²) in [7, 11) is 4.20. The van der Waals surface area contributed by atoms with Crippen LogP contribution in [0.15, 0.2) is 0 Å². The van der Waals surface area contributed by atoms with Gasteiger partial charge in [-0.1, -0.05) is 13.8 Å². The fraction of sp³-hybridized carbons (Fsp3) is 1.00. The second kappa shape index (κ2) is 2.21. The zero-order chi connectivity index (χ0) is 7.94. The molecule has 2 heteroatoms. The van der Waals surface area contributed by atoms with Gasteiger partial charge in [0.2, 0.25) is 0 Å². The van der Waals surface area contributed by atoms with E-state index in [1.807, 2.05) is 0 Å². The van der Waals surface area contributed by atoms with Gasteiger partial charge in [-0.3, -0.25) is 0 Å². The van der Waals surface area contributed by atoms with E-state index < -0.39 is 0 Å². The molecule has 60 valence electrons. The highest BCUT2D eigenvalue weighted by Gasteiger charge is 2.55. The minimum atomic E-state index is 0.393. The van der Waals surface area contributed by atoms with Crippen molar-refractivity contribution in [3.63, 3.8) is 0 Å². The highest BCUT2D eigenvalue weighted by molar-refractivity contribution is 5.09. The van der Waals surface area contributed by atoms with Gasteiger partial charge in [0.05, 0.1) is 0 Å². The average Bonchev–Trinajstić information content (AvgIpc) is 2.17. The Morgan fingerprint density at radius 3 is 1.90 bits per heavy atom. The Morgan fingerprint density at radius 2 is 1.80 bits per heavy atom. The van der Waals surface area contributed by atoms with Gasteiger partial charge in [0.1, 0.15) is 0 Å². The van der Waals surface area contributed by atoms with E-state index in [2.05, 4.69) is 32.8 Å². The molecule has 0 unspecified atom stereocenters. The molecular formula is C8H18N2. The van der Waals surface area contributed by atoms with Crippen LogP contribution in [0, 0.1) is 11.3 Å². The fourth-order valence-electron chi connectivity index (χ4n) is 1.53. The largest absolute Gasteiger partial charge is 0.327 e. The summed E-state index contributed by atoms with van der Waals surface area (Å²) in [4.78, 5) is 2.21. The van der Waals surface area contributed by atoms with E-state index in [1.165, 1.54) is 0 Å². The van der Waals surface area contributed by atoms with Crippen molar-refractivity contribution >= 4 is 0 Å². The molecule has 1 rings (SSSR count). The summed E-state index contributed by atoms with van der Waals surface area (Å²) in [6.45, 7) is 5.62. The van der Waals surface area contributed by atoms with Gasteiger partial charge in [0.15, 0.2) is 0 Å². The normalized spacial score (nSPS) is 36.6. The highest BCUT2D eigenvalue weighted by Crippen LogP contribution is 2.50. The van der Waals surface area contributed by atoms with Gasteiger partial charge in [-0.25, -0.2) is 0 Å². The van der Waals surface area contributed by atoms with Crippen LogP contribution in [0.2, 0.25) is 0 Å². The third-order valence-corrected chi connectivity index (χ3v) is 2.70. The van der Waals surface area contributed by atoms with Crippen LogP contribution in [0.1, 0.15) is 13.8 Å². The van der Waals surface area contributed by atoms with Gasteiger partial charge >= 0.3 is 0 Å². The minimum absolute atomic E-state index is 0.393. The van der Waals surface area contributed by atoms with Crippen molar-refractivity contribution in [3.05, 3.63) is 0 Å². The molecule has 1 saturated carbocycles. The van der Waals surface area contributed by atoms with E-state index in [0.717, 1.165) is 6.54 Å². The number of nitrogens with two attached hydrogens (primary N) is 1. The summed E-state index contributed by atoms with van der Waals surface area (Å²) in [6.07, 6.45) is 0. The Hall–Kier alpha value is -0.0800. The molecule has 0 aromatic carbocycles. The first kappa shape index (κ1) is 8.02. The van der Waals surface area contributed by atoms with Crippen LogP contribution in [0.3, 0.4) is 0 Å². The van der Waals surface area contributed by atoms with E-state index in [9.17, 15) is 0 Å². The van der Waals surface area contributed by atoms with E-state index in [0.29, 0.717) is 17.4 Å². The molecule has 0 aliphatic heterocycles. The minimum Gasteiger partial charge on any atom is -0.327 e. The van der Waals surface area contributed by atoms with Crippen molar-refractivity contribution in [3.8, 4) is 0 Å². The highest BCUT2D eigenvalue weighted by atomic mass is 15.1. The first-order valence-electron chi connectivity index (χ1n) is 3.86. The van der Waals surface area contributed by atoms with Crippen LogP contribution in [0.5, 0.6) is 0 Å². The fourth-order valence-corrected chi connectivity index (χ4v) is 1.53. The third-order valence-electron chi connectivity index (χ3n) is 2.70. The van der Waals surface area contributed by atoms with Crippen molar-refractivity contribution in [2.24, 2.45) is 17.1 Å². The van der Waals surface area contributed by atoms with E-state index in [-0.39, 0.29) is 0 Å². The summed E-state index contributed by atoms with van der Waals surface area (Å²) in [5.74, 6) is 0.711. The molecular weight excluding hydrogens is 124 g/mol. The van der Waals surface area contributed by atoms with Crippen molar-refractivity contribution in [2.75, 3.05) is 20.6 Å². The Balaban J connectivity index is 2.35. The van der Waals surface area contributed by atoms with Crippen LogP contribution < -0.4 is 5.73 Å². The third kappa shape index (κ3) is 1.18. The van der Waals surface area contributed by atoms with Crippen LogP contribution in [-0.4, -0.2) is 31.6 Å². The van der Waals surface area contributed by atoms with E-state index in [4.69, 9.17) is 5.73 Å². The zero-order valence-corrected chi connectivity index (χ0v) is 7.39. The maximum Gasteiger partial charge on any atom is 0.0140 e. The van der Waals surface area contributed by atoms with Gasteiger partial charge in [-0.15, -0.1) is 0 Å². The van der Waals surface area contributed by atoms with Crippen LogP contribution >= 0.6 is 0 Å². The van der Waals surface area contributed by atoms with Crippen LogP contribution in [0.25, 0.3) is 0 Å². The van der Waals surface area contributed by atoms with Crippen LogP contribution in [0.4, 0.5) is 0 Å². The molecule has 0 aromatic rings. The lowest BCUT2D eigenvalue weighted by Gasteiger charge is -2.09. The molecule has 0 radical (unpaired) electrons. The zero-order valence-electron chi connectivity index (χ0n) is 7.39. The molecule has 2 atom stereocenters. The predicted molar refractivity (Wildman–Crippen MR) is 43.8 cm³/mol. The Morgan fingerprint density at radius 1 is 1.40 bits per heavy atom. The molecule has 0 amide bonds. The molecule has 1 fully saturated rings. The standard InChI is InChI=1S/C8H18N2/c1-8(2)6(7(8)9)5-10(3)4/h6-7H,5,9H2,1-4H3/t6-,7-/m1/s1. The summed E-state index contributed by atoms with van der Waals surface area (Å²) >= 11 is 0. The summed E-state index contributed by atoms with van der Waals surface area (Å²) < 4.78 is 0. The van der Waals surface area contributed by atoms with Gasteiger partial charge in [0.25, 0.3) is 0 Å². The van der Waals surface area contributed by atoms with Crippen molar-refractivity contribution < 1.29 is 0 Å². The van der Waals surface area contributed by atoms with Gasteiger partial charge in [-0.2, -0.15) is 0 Å². The first-order valence-corrected chi connectivity index (χ1v) is 3.86. The topological polar surface area (TPSA) is 29.3 Å². The Bertz CT molecular complexity index is 129. The smallest absolute Gasteiger partial charge is 0.0140 e. The first-order chi connectivity index (χ1) is 4.46. The lowest BCUT2D eigenvalue weighted by molar-refractivity contribution is 0.359. The Labute approximate surface area is 63.4 Å². The molecule has 10 heavy (non-hydrogen) atoms. The number of hydrogen-bond donors (Lipinski definition) is 1. The Kier molecular flexibility index (Phi) is 1.77. The number of nitrogens with zero attached hydrogens (tertiary/aromatic N) is 1. The summed E-state index contributed by atoms with van der Waals surface area (Å²) in [5, 5.41) is 0. The molecule has 0 aromatic heterocycles. The SMILES string of the molecule is CN(C)C[C@@H]1[C@@H](N)C1(C)C. The van der Waals surface area contributed by atoms with Crippen molar-refractivity contribution in [1.82, 2.24) is 4.90 Å². The second-order valence-electron chi connectivity index (χ2n) is 4.22. The molecule has 0 heterocycles.